The normalized spacial score (nSPS) is 13.0. The summed E-state index contributed by atoms with van der Waals surface area (Å²) < 4.78 is 44.7. The number of likely N-dealkylation sites (N-methyl/N-ethyl adjacent to an activating group) is 1. The van der Waals surface area contributed by atoms with Gasteiger partial charge in [-0.25, -0.2) is 4.79 Å². The predicted octanol–water partition coefficient (Wildman–Crippen LogP) is 2.25. The van der Waals surface area contributed by atoms with Crippen LogP contribution in [0.5, 0.6) is 0 Å². The van der Waals surface area contributed by atoms with E-state index in [0.717, 1.165) is 17.6 Å². The summed E-state index contributed by atoms with van der Waals surface area (Å²) in [4.78, 5) is 11.1. The quantitative estimate of drug-likeness (QED) is 0.258. The van der Waals surface area contributed by atoms with Crippen LogP contribution in [0.15, 0.2) is 12.2 Å². The largest absolute Gasteiger partial charge is 0.673 e. The standard InChI is InChI=1S/C12H24NO3.BF4/c1-6-13(5,7-2)8-11(14)9-16-12(15)10(3)4;2-1(3,4)5/h11,14H,3,6-9H2,1-2,4-5H3;/q+1;-1. The van der Waals surface area contributed by atoms with E-state index >= 15 is 0 Å². The Kier molecular flexibility index (Phi) is 10.3. The molecule has 0 bridgehead atoms. The van der Waals surface area contributed by atoms with E-state index in [1.54, 1.807) is 6.92 Å². The van der Waals surface area contributed by atoms with Gasteiger partial charge in [0.25, 0.3) is 0 Å². The van der Waals surface area contributed by atoms with Crippen LogP contribution < -0.4 is 0 Å². The van der Waals surface area contributed by atoms with Gasteiger partial charge in [0.05, 0.1) is 20.1 Å². The zero-order valence-corrected chi connectivity index (χ0v) is 12.9. The summed E-state index contributed by atoms with van der Waals surface area (Å²) in [6.07, 6.45) is -0.617. The molecule has 0 spiro atoms. The lowest BCUT2D eigenvalue weighted by Crippen LogP contribution is -2.49. The number of carbonyl (C=O) groups is 1. The fraction of sp³-hybridized carbons (Fsp3) is 0.750. The van der Waals surface area contributed by atoms with E-state index < -0.39 is 19.3 Å². The Balaban J connectivity index is 0. The summed E-state index contributed by atoms with van der Waals surface area (Å²) in [6, 6.07) is 0. The van der Waals surface area contributed by atoms with Crippen LogP contribution in [0.3, 0.4) is 0 Å². The molecule has 9 heteroatoms. The first-order valence-corrected chi connectivity index (χ1v) is 6.56. The smallest absolute Gasteiger partial charge is 0.459 e. The highest BCUT2D eigenvalue weighted by Crippen LogP contribution is 2.06. The Morgan fingerprint density at radius 1 is 1.29 bits per heavy atom. The minimum atomic E-state index is -6.00. The van der Waals surface area contributed by atoms with Gasteiger partial charge in [-0.2, -0.15) is 0 Å². The molecule has 0 saturated heterocycles. The van der Waals surface area contributed by atoms with Gasteiger partial charge in [-0.05, 0) is 20.8 Å². The highest BCUT2D eigenvalue weighted by molar-refractivity contribution is 6.50. The van der Waals surface area contributed by atoms with Gasteiger partial charge in [0, 0.05) is 5.57 Å². The van der Waals surface area contributed by atoms with Crippen molar-refractivity contribution in [2.75, 3.05) is 33.3 Å². The van der Waals surface area contributed by atoms with Gasteiger partial charge in [0.15, 0.2) is 0 Å². The number of hydrogen-bond donors (Lipinski definition) is 1. The van der Waals surface area contributed by atoms with E-state index in [4.69, 9.17) is 4.74 Å². The van der Waals surface area contributed by atoms with E-state index in [0.29, 0.717) is 12.1 Å². The van der Waals surface area contributed by atoms with Crippen molar-refractivity contribution in [3.63, 3.8) is 0 Å². The van der Waals surface area contributed by atoms with Crippen molar-refractivity contribution in [1.82, 2.24) is 0 Å². The Morgan fingerprint density at radius 2 is 1.67 bits per heavy atom. The van der Waals surface area contributed by atoms with E-state index in [2.05, 4.69) is 27.5 Å². The number of ether oxygens (including phenoxy) is 1. The third-order valence-corrected chi connectivity index (χ3v) is 2.93. The average molecular weight is 317 g/mol. The molecular formula is C12H24BF4NO3. The van der Waals surface area contributed by atoms with Crippen molar-refractivity contribution in [1.29, 1.82) is 0 Å². The topological polar surface area (TPSA) is 46.5 Å². The van der Waals surface area contributed by atoms with E-state index in [1.807, 2.05) is 0 Å². The third-order valence-electron chi connectivity index (χ3n) is 2.93. The molecule has 0 aromatic rings. The molecule has 0 aliphatic carbocycles. The van der Waals surface area contributed by atoms with Gasteiger partial charge in [0.2, 0.25) is 0 Å². The maximum Gasteiger partial charge on any atom is 0.673 e. The number of rotatable bonds is 7. The molecule has 0 rings (SSSR count). The highest BCUT2D eigenvalue weighted by Gasteiger charge is 2.22. The van der Waals surface area contributed by atoms with Gasteiger partial charge in [-0.15, -0.1) is 0 Å². The Bertz CT molecular complexity index is 327. The van der Waals surface area contributed by atoms with E-state index in [1.165, 1.54) is 0 Å². The second kappa shape index (κ2) is 9.78. The number of nitrogens with zero attached hydrogens (tertiary/aromatic N) is 1. The minimum Gasteiger partial charge on any atom is -0.459 e. The maximum atomic E-state index is 11.1. The average Bonchev–Trinajstić information content (AvgIpc) is 2.33. The van der Waals surface area contributed by atoms with Crippen LogP contribution in [0.4, 0.5) is 17.3 Å². The number of quaternary nitrogens is 1. The van der Waals surface area contributed by atoms with Crippen LogP contribution in [0.1, 0.15) is 20.8 Å². The molecule has 21 heavy (non-hydrogen) atoms. The molecule has 0 aromatic heterocycles. The predicted molar refractivity (Wildman–Crippen MR) is 74.1 cm³/mol. The minimum absolute atomic E-state index is 0.0412. The van der Waals surface area contributed by atoms with Crippen molar-refractivity contribution in [3.05, 3.63) is 12.2 Å². The van der Waals surface area contributed by atoms with Crippen LogP contribution in [-0.4, -0.2) is 62.2 Å². The molecule has 1 unspecified atom stereocenters. The lowest BCUT2D eigenvalue weighted by Gasteiger charge is -2.33. The fourth-order valence-corrected chi connectivity index (χ4v) is 1.34. The SMILES string of the molecule is C=C(C)C(=O)OCC(O)C[N+](C)(CC)CC.F[B-](F)(F)F. The zero-order valence-electron chi connectivity index (χ0n) is 12.9. The van der Waals surface area contributed by atoms with Gasteiger partial charge in [0.1, 0.15) is 19.3 Å². The maximum absolute atomic E-state index is 11.1. The summed E-state index contributed by atoms with van der Waals surface area (Å²) in [5, 5.41) is 9.76. The second-order valence-corrected chi connectivity index (χ2v) is 4.96. The summed E-state index contributed by atoms with van der Waals surface area (Å²) in [5.41, 5.74) is 0.357. The Morgan fingerprint density at radius 3 is 1.95 bits per heavy atom. The van der Waals surface area contributed by atoms with Gasteiger partial charge >= 0.3 is 13.2 Å². The lowest BCUT2D eigenvalue weighted by atomic mass is 10.3. The molecule has 0 radical (unpaired) electrons. The summed E-state index contributed by atoms with van der Waals surface area (Å²) in [5.74, 6) is -0.443. The summed E-state index contributed by atoms with van der Waals surface area (Å²) in [6.45, 7) is 11.8. The second-order valence-electron chi connectivity index (χ2n) is 4.96. The first kappa shape index (κ1) is 22.2. The fourth-order valence-electron chi connectivity index (χ4n) is 1.34. The van der Waals surface area contributed by atoms with Crippen LogP contribution in [0.25, 0.3) is 0 Å². The molecule has 0 heterocycles. The van der Waals surface area contributed by atoms with E-state index in [-0.39, 0.29) is 6.61 Å². The van der Waals surface area contributed by atoms with Gasteiger partial charge in [-0.1, -0.05) is 6.58 Å². The molecular weight excluding hydrogens is 293 g/mol. The number of halogens is 4. The number of carbonyl (C=O) groups excluding carboxylic acids is 1. The lowest BCUT2D eigenvalue weighted by molar-refractivity contribution is -0.909. The number of aliphatic hydroxyl groups excluding tert-OH is 1. The molecule has 4 nitrogen and oxygen atoms in total. The van der Waals surface area contributed by atoms with Crippen molar-refractivity contribution >= 4 is 13.2 Å². The molecule has 0 amide bonds. The summed E-state index contributed by atoms with van der Waals surface area (Å²) >= 11 is 0. The van der Waals surface area contributed by atoms with Crippen molar-refractivity contribution in [2.45, 2.75) is 26.9 Å². The Labute approximate surface area is 123 Å². The zero-order chi connectivity index (χ0) is 17.3. The molecule has 1 N–H and O–H groups in total. The van der Waals surface area contributed by atoms with E-state index in [9.17, 15) is 27.2 Å². The van der Waals surface area contributed by atoms with Crippen molar-refractivity contribution in [2.24, 2.45) is 0 Å². The van der Waals surface area contributed by atoms with Crippen molar-refractivity contribution < 1.29 is 36.4 Å². The molecule has 126 valence electrons. The van der Waals surface area contributed by atoms with Crippen LogP contribution in [0.2, 0.25) is 0 Å². The monoisotopic (exact) mass is 317 g/mol. The molecule has 0 aromatic carbocycles. The molecule has 0 aliphatic heterocycles. The molecule has 0 fully saturated rings. The first-order chi connectivity index (χ1) is 9.34. The number of hydrogen-bond acceptors (Lipinski definition) is 3. The number of esters is 1. The summed E-state index contributed by atoms with van der Waals surface area (Å²) in [7, 11) is -3.93. The van der Waals surface area contributed by atoms with Crippen molar-refractivity contribution in [3.8, 4) is 0 Å². The van der Waals surface area contributed by atoms with Crippen LogP contribution in [0, 0.1) is 0 Å². The van der Waals surface area contributed by atoms with Gasteiger partial charge in [-0.3, -0.25) is 0 Å². The van der Waals surface area contributed by atoms with Gasteiger partial charge < -0.3 is 31.6 Å². The third kappa shape index (κ3) is 15.1. The molecule has 0 aliphatic rings. The highest BCUT2D eigenvalue weighted by atomic mass is 19.5. The van der Waals surface area contributed by atoms with Crippen LogP contribution in [-0.2, 0) is 9.53 Å². The Hall–Kier alpha value is -1.09. The first-order valence-electron chi connectivity index (χ1n) is 6.56. The molecule has 0 saturated carbocycles. The number of aliphatic hydroxyl groups is 1. The molecule has 1 atom stereocenters. The van der Waals surface area contributed by atoms with Crippen LogP contribution >= 0.6 is 0 Å².